The fourth-order valence-electron chi connectivity index (χ4n) is 0.628. The van der Waals surface area contributed by atoms with E-state index >= 15 is 0 Å². The van der Waals surface area contributed by atoms with Crippen molar-refractivity contribution in [3.63, 3.8) is 0 Å². The first kappa shape index (κ1) is 9.12. The maximum atomic E-state index is 10.7. The largest absolute Gasteiger partial charge is 0.363 e. The summed E-state index contributed by atoms with van der Waals surface area (Å²) in [5.74, 6) is 0.157. The van der Waals surface area contributed by atoms with Crippen LogP contribution in [0, 0.1) is 0 Å². The molecule has 0 bridgehead atoms. The van der Waals surface area contributed by atoms with Crippen molar-refractivity contribution in [2.45, 2.75) is 26.2 Å². The van der Waals surface area contributed by atoms with Gasteiger partial charge < -0.3 is 5.73 Å². The van der Waals surface area contributed by atoms with Crippen molar-refractivity contribution in [1.82, 2.24) is 9.36 Å². The Morgan fingerprint density at radius 2 is 2.08 bits per heavy atom. The third-order valence-electron chi connectivity index (χ3n) is 1.31. The van der Waals surface area contributed by atoms with Gasteiger partial charge in [0.1, 0.15) is 5.82 Å². The molecule has 1 aromatic rings. The molecule has 2 N–H and O–H groups in total. The molecule has 0 unspecified atom stereocenters. The van der Waals surface area contributed by atoms with Gasteiger partial charge in [0.05, 0.1) is 0 Å². The number of rotatable bonds is 1. The minimum Gasteiger partial charge on any atom is -0.363 e. The van der Waals surface area contributed by atoms with Crippen molar-refractivity contribution < 1.29 is 4.79 Å². The van der Waals surface area contributed by atoms with Crippen LogP contribution in [0.1, 0.15) is 36.4 Å². The number of primary amides is 1. The normalized spacial score (nSPS) is 11.6. The fourth-order valence-corrected chi connectivity index (χ4v) is 1.33. The summed E-state index contributed by atoms with van der Waals surface area (Å²) in [6.45, 7) is 5.96. The molecule has 0 atom stereocenters. The Bertz CT molecular complexity index is 300. The summed E-state index contributed by atoms with van der Waals surface area (Å²) in [5, 5.41) is 0.278. The number of carbonyl (C=O) groups excluding carboxylic acids is 1. The second kappa shape index (κ2) is 2.82. The lowest BCUT2D eigenvalue weighted by molar-refractivity contribution is 0.0999. The number of carbonyl (C=O) groups is 1. The molecule has 4 nitrogen and oxygen atoms in total. The molecule has 0 saturated heterocycles. The molecule has 12 heavy (non-hydrogen) atoms. The van der Waals surface area contributed by atoms with E-state index < -0.39 is 5.91 Å². The Balaban J connectivity index is 3.00. The number of amides is 1. The highest BCUT2D eigenvalue weighted by Crippen LogP contribution is 2.20. The molecule has 0 aliphatic carbocycles. The van der Waals surface area contributed by atoms with Crippen molar-refractivity contribution in [1.29, 1.82) is 0 Å². The van der Waals surface area contributed by atoms with Gasteiger partial charge in [0.25, 0.3) is 5.91 Å². The van der Waals surface area contributed by atoms with Gasteiger partial charge in [0.15, 0.2) is 0 Å². The van der Waals surface area contributed by atoms with Crippen LogP contribution in [0.3, 0.4) is 0 Å². The molecule has 0 radical (unpaired) electrons. The Morgan fingerprint density at radius 3 is 2.33 bits per heavy atom. The van der Waals surface area contributed by atoms with Gasteiger partial charge in [0, 0.05) is 5.41 Å². The average molecular weight is 185 g/mol. The molecule has 1 aromatic heterocycles. The molecule has 5 heteroatoms. The van der Waals surface area contributed by atoms with E-state index in [-0.39, 0.29) is 10.4 Å². The average Bonchev–Trinajstić information content (AvgIpc) is 2.30. The van der Waals surface area contributed by atoms with Gasteiger partial charge in [-0.1, -0.05) is 20.8 Å². The first-order chi connectivity index (χ1) is 5.41. The van der Waals surface area contributed by atoms with Gasteiger partial charge in [-0.2, -0.15) is 4.37 Å². The van der Waals surface area contributed by atoms with E-state index in [4.69, 9.17) is 5.73 Å². The van der Waals surface area contributed by atoms with Gasteiger partial charge in [-0.25, -0.2) is 4.98 Å². The second-order valence-electron chi connectivity index (χ2n) is 3.54. The Morgan fingerprint density at radius 1 is 1.50 bits per heavy atom. The molecule has 0 saturated carbocycles. The number of hydrogen-bond donors (Lipinski definition) is 1. The minimum absolute atomic E-state index is 0.121. The predicted molar refractivity (Wildman–Crippen MR) is 47.1 cm³/mol. The van der Waals surface area contributed by atoms with Crippen molar-refractivity contribution in [2.24, 2.45) is 5.73 Å². The molecule has 1 amide bonds. The summed E-state index contributed by atoms with van der Waals surface area (Å²) < 4.78 is 4.04. The first-order valence-electron chi connectivity index (χ1n) is 3.55. The quantitative estimate of drug-likeness (QED) is 0.707. The minimum atomic E-state index is -0.511. The highest BCUT2D eigenvalue weighted by Gasteiger charge is 2.20. The molecular formula is C7H11N3OS. The van der Waals surface area contributed by atoms with Gasteiger partial charge >= 0.3 is 0 Å². The fraction of sp³-hybridized carbons (Fsp3) is 0.571. The molecule has 0 fully saturated rings. The molecule has 0 spiro atoms. The Kier molecular flexibility index (Phi) is 2.14. The van der Waals surface area contributed by atoms with Crippen LogP contribution in [-0.4, -0.2) is 15.3 Å². The van der Waals surface area contributed by atoms with E-state index in [1.165, 1.54) is 0 Å². The second-order valence-corrected chi connectivity index (χ2v) is 4.29. The standard InChI is InChI=1S/C7H11N3OS/c1-7(2,3)6-9-5(4(8)11)12-10-6/h1-3H3,(H2,8,11). The molecule has 66 valence electrons. The lowest BCUT2D eigenvalue weighted by atomic mass is 9.96. The van der Waals surface area contributed by atoms with Crippen molar-refractivity contribution in [3.8, 4) is 0 Å². The smallest absolute Gasteiger partial charge is 0.279 e. The molecule has 1 heterocycles. The van der Waals surface area contributed by atoms with E-state index in [2.05, 4.69) is 9.36 Å². The van der Waals surface area contributed by atoms with E-state index in [0.29, 0.717) is 5.82 Å². The van der Waals surface area contributed by atoms with Crippen LogP contribution < -0.4 is 5.73 Å². The predicted octanol–water partition coefficient (Wildman–Crippen LogP) is 0.935. The van der Waals surface area contributed by atoms with E-state index in [0.717, 1.165) is 11.5 Å². The van der Waals surface area contributed by atoms with E-state index in [1.807, 2.05) is 20.8 Å². The third-order valence-corrected chi connectivity index (χ3v) is 2.04. The first-order valence-corrected chi connectivity index (χ1v) is 4.32. The SMILES string of the molecule is CC(C)(C)c1nsc(C(N)=O)n1. The zero-order valence-electron chi connectivity index (χ0n) is 7.29. The van der Waals surface area contributed by atoms with Gasteiger partial charge in [-0.3, -0.25) is 4.79 Å². The summed E-state index contributed by atoms with van der Waals surface area (Å²) in [5.41, 5.74) is 4.92. The Hall–Kier alpha value is -0.970. The summed E-state index contributed by atoms with van der Waals surface area (Å²) in [7, 11) is 0. The number of nitrogens with zero attached hydrogens (tertiary/aromatic N) is 2. The van der Waals surface area contributed by atoms with Crippen LogP contribution in [-0.2, 0) is 5.41 Å². The summed E-state index contributed by atoms with van der Waals surface area (Å²) in [4.78, 5) is 14.7. The lowest BCUT2D eigenvalue weighted by Gasteiger charge is -2.11. The van der Waals surface area contributed by atoms with E-state index in [1.54, 1.807) is 0 Å². The highest BCUT2D eigenvalue weighted by atomic mass is 32.1. The number of hydrogen-bond acceptors (Lipinski definition) is 4. The van der Waals surface area contributed by atoms with Crippen molar-refractivity contribution in [2.75, 3.05) is 0 Å². The maximum Gasteiger partial charge on any atom is 0.279 e. The third kappa shape index (κ3) is 1.79. The zero-order valence-corrected chi connectivity index (χ0v) is 8.10. The topological polar surface area (TPSA) is 68.9 Å². The highest BCUT2D eigenvalue weighted by molar-refractivity contribution is 7.07. The van der Waals surface area contributed by atoms with Crippen LogP contribution in [0.2, 0.25) is 0 Å². The summed E-state index contributed by atoms with van der Waals surface area (Å²) >= 11 is 1.05. The van der Waals surface area contributed by atoms with Crippen molar-refractivity contribution >= 4 is 17.4 Å². The lowest BCUT2D eigenvalue weighted by Crippen LogP contribution is -2.15. The van der Waals surface area contributed by atoms with E-state index in [9.17, 15) is 4.79 Å². The summed E-state index contributed by atoms with van der Waals surface area (Å²) in [6, 6.07) is 0. The van der Waals surface area contributed by atoms with Crippen LogP contribution in [0.5, 0.6) is 0 Å². The molecule has 0 aliphatic rings. The van der Waals surface area contributed by atoms with Crippen LogP contribution in [0.15, 0.2) is 0 Å². The maximum absolute atomic E-state index is 10.7. The van der Waals surface area contributed by atoms with Crippen LogP contribution in [0.25, 0.3) is 0 Å². The molecular weight excluding hydrogens is 174 g/mol. The summed E-state index contributed by atoms with van der Waals surface area (Å²) in [6.07, 6.45) is 0. The monoisotopic (exact) mass is 185 g/mol. The van der Waals surface area contributed by atoms with Crippen LogP contribution >= 0.6 is 11.5 Å². The molecule has 0 aromatic carbocycles. The molecule has 1 rings (SSSR count). The van der Waals surface area contributed by atoms with Crippen molar-refractivity contribution in [3.05, 3.63) is 10.8 Å². The number of nitrogens with two attached hydrogens (primary N) is 1. The van der Waals surface area contributed by atoms with Crippen LogP contribution in [0.4, 0.5) is 0 Å². The Labute approximate surface area is 75.0 Å². The zero-order chi connectivity index (χ0) is 9.35. The number of aromatic nitrogens is 2. The van der Waals surface area contributed by atoms with Gasteiger partial charge in [-0.05, 0) is 11.5 Å². The van der Waals surface area contributed by atoms with Gasteiger partial charge in [0.2, 0.25) is 5.01 Å². The molecule has 0 aliphatic heterocycles. The van der Waals surface area contributed by atoms with Gasteiger partial charge in [-0.15, -0.1) is 0 Å².